The van der Waals surface area contributed by atoms with Crippen molar-refractivity contribution in [3.8, 4) is 0 Å². The number of hydrogen-bond acceptors (Lipinski definition) is 3. The van der Waals surface area contributed by atoms with E-state index in [1.165, 1.54) is 4.88 Å². The summed E-state index contributed by atoms with van der Waals surface area (Å²) >= 11 is 1.75. The summed E-state index contributed by atoms with van der Waals surface area (Å²) in [6.45, 7) is 10.4. The zero-order chi connectivity index (χ0) is 16.4. The summed E-state index contributed by atoms with van der Waals surface area (Å²) in [6.07, 6.45) is 2.88. The third-order valence-electron chi connectivity index (χ3n) is 4.38. The van der Waals surface area contributed by atoms with Crippen molar-refractivity contribution in [2.24, 2.45) is 10.4 Å². The number of aliphatic hydroxyl groups excluding tert-OH is 1. The van der Waals surface area contributed by atoms with Gasteiger partial charge in [-0.2, -0.15) is 0 Å². The second-order valence-electron chi connectivity index (χ2n) is 5.76. The molecule has 1 rings (SSSR count). The van der Waals surface area contributed by atoms with E-state index >= 15 is 0 Å². The minimum absolute atomic E-state index is 0.100. The quantitative estimate of drug-likeness (QED) is 0.481. The van der Waals surface area contributed by atoms with Crippen LogP contribution in [0, 0.1) is 5.41 Å². The molecular formula is C17H31N3OS. The Labute approximate surface area is 139 Å². The highest BCUT2D eigenvalue weighted by Gasteiger charge is 2.25. The van der Waals surface area contributed by atoms with Crippen molar-refractivity contribution in [3.63, 3.8) is 0 Å². The number of aliphatic imine (C=N–C) groups is 1. The van der Waals surface area contributed by atoms with Crippen LogP contribution in [0.3, 0.4) is 0 Å². The second-order valence-corrected chi connectivity index (χ2v) is 6.74. The molecular weight excluding hydrogens is 294 g/mol. The van der Waals surface area contributed by atoms with Gasteiger partial charge >= 0.3 is 0 Å². The highest BCUT2D eigenvalue weighted by Crippen LogP contribution is 2.30. The molecule has 22 heavy (non-hydrogen) atoms. The molecule has 1 atom stereocenters. The van der Waals surface area contributed by atoms with Crippen LogP contribution in [-0.4, -0.2) is 30.8 Å². The van der Waals surface area contributed by atoms with Gasteiger partial charge < -0.3 is 15.7 Å². The molecule has 0 aliphatic heterocycles. The number of thiophene rings is 1. The van der Waals surface area contributed by atoms with Crippen molar-refractivity contribution in [2.45, 2.75) is 53.0 Å². The van der Waals surface area contributed by atoms with Crippen molar-refractivity contribution >= 4 is 17.3 Å². The fraction of sp³-hybridized carbons (Fsp3) is 0.706. The first-order chi connectivity index (χ1) is 10.6. The summed E-state index contributed by atoms with van der Waals surface area (Å²) in [5.41, 5.74) is 0.100. The number of rotatable bonds is 9. The molecule has 5 heteroatoms. The maximum Gasteiger partial charge on any atom is 0.191 e. The lowest BCUT2D eigenvalue weighted by Crippen LogP contribution is -2.39. The molecule has 0 amide bonds. The van der Waals surface area contributed by atoms with E-state index in [2.05, 4.69) is 55.8 Å². The maximum atomic E-state index is 9.32. The van der Waals surface area contributed by atoms with Gasteiger partial charge in [-0.3, -0.25) is 4.99 Å². The average molecular weight is 326 g/mol. The number of aliphatic hydroxyl groups is 1. The van der Waals surface area contributed by atoms with Crippen LogP contribution >= 0.6 is 11.3 Å². The van der Waals surface area contributed by atoms with Crippen molar-refractivity contribution in [2.75, 3.05) is 19.7 Å². The number of hydrogen-bond donors (Lipinski definition) is 3. The molecule has 1 aromatic heterocycles. The first-order valence-corrected chi connectivity index (χ1v) is 9.17. The minimum atomic E-state index is 0.100. The zero-order valence-corrected chi connectivity index (χ0v) is 15.2. The molecule has 0 saturated carbocycles. The van der Waals surface area contributed by atoms with Gasteiger partial charge in [0.25, 0.3) is 0 Å². The molecule has 3 N–H and O–H groups in total. The Morgan fingerprint density at radius 1 is 1.36 bits per heavy atom. The van der Waals surface area contributed by atoms with E-state index in [-0.39, 0.29) is 18.1 Å². The monoisotopic (exact) mass is 325 g/mol. The molecule has 0 radical (unpaired) electrons. The first-order valence-electron chi connectivity index (χ1n) is 8.30. The molecule has 1 heterocycles. The Hall–Kier alpha value is -1.07. The van der Waals surface area contributed by atoms with E-state index in [1.807, 2.05) is 0 Å². The number of nitrogens with one attached hydrogen (secondary N) is 2. The van der Waals surface area contributed by atoms with Crippen LogP contribution in [0.5, 0.6) is 0 Å². The second kappa shape index (κ2) is 9.85. The van der Waals surface area contributed by atoms with Gasteiger partial charge in [0.05, 0.1) is 6.04 Å². The van der Waals surface area contributed by atoms with Crippen LogP contribution in [0.4, 0.5) is 0 Å². The van der Waals surface area contributed by atoms with Crippen LogP contribution in [0.1, 0.15) is 57.9 Å². The van der Waals surface area contributed by atoms with E-state index in [9.17, 15) is 5.11 Å². The molecule has 4 nitrogen and oxygen atoms in total. The van der Waals surface area contributed by atoms with E-state index in [0.717, 1.165) is 38.3 Å². The van der Waals surface area contributed by atoms with Crippen LogP contribution in [0.2, 0.25) is 0 Å². The van der Waals surface area contributed by atoms with Gasteiger partial charge in [-0.15, -0.1) is 11.3 Å². The van der Waals surface area contributed by atoms with Gasteiger partial charge in [0, 0.05) is 24.6 Å². The Morgan fingerprint density at radius 2 is 2.09 bits per heavy atom. The largest absolute Gasteiger partial charge is 0.396 e. The predicted molar refractivity (Wildman–Crippen MR) is 96.6 cm³/mol. The molecule has 126 valence electrons. The third-order valence-corrected chi connectivity index (χ3v) is 5.44. The molecule has 0 fully saturated rings. The fourth-order valence-electron chi connectivity index (χ4n) is 2.52. The standard InChI is InChI=1S/C17H31N3OS/c1-5-17(6-2,10-11-21)13-19-16(18-7-3)20-14(4)15-9-8-12-22-15/h8-9,12,14,21H,5-7,10-11,13H2,1-4H3,(H2,18,19,20). The van der Waals surface area contributed by atoms with Gasteiger partial charge in [-0.05, 0) is 50.0 Å². The van der Waals surface area contributed by atoms with Gasteiger partial charge in [0.1, 0.15) is 0 Å². The van der Waals surface area contributed by atoms with E-state index < -0.39 is 0 Å². The van der Waals surface area contributed by atoms with Crippen LogP contribution < -0.4 is 10.6 Å². The highest BCUT2D eigenvalue weighted by atomic mass is 32.1. The number of guanidine groups is 1. The predicted octanol–water partition coefficient (Wildman–Crippen LogP) is 3.55. The van der Waals surface area contributed by atoms with Gasteiger partial charge in [-0.1, -0.05) is 19.9 Å². The van der Waals surface area contributed by atoms with Crippen molar-refractivity contribution in [1.82, 2.24) is 10.6 Å². The van der Waals surface area contributed by atoms with E-state index in [1.54, 1.807) is 11.3 Å². The first kappa shape index (κ1) is 19.0. The maximum absolute atomic E-state index is 9.32. The highest BCUT2D eigenvalue weighted by molar-refractivity contribution is 7.10. The molecule has 0 spiro atoms. The van der Waals surface area contributed by atoms with Crippen LogP contribution in [-0.2, 0) is 0 Å². The SMILES string of the molecule is CCNC(=NCC(CC)(CC)CCO)NC(C)c1cccs1. The lowest BCUT2D eigenvalue weighted by atomic mass is 9.79. The van der Waals surface area contributed by atoms with E-state index in [4.69, 9.17) is 4.99 Å². The van der Waals surface area contributed by atoms with Crippen LogP contribution in [0.25, 0.3) is 0 Å². The normalized spacial score (nSPS) is 14.0. The van der Waals surface area contributed by atoms with Crippen molar-refractivity contribution in [1.29, 1.82) is 0 Å². The molecule has 1 aromatic rings. The summed E-state index contributed by atoms with van der Waals surface area (Å²) < 4.78 is 0. The molecule has 0 aliphatic rings. The molecule has 0 bridgehead atoms. The molecule has 0 aromatic carbocycles. The molecule has 0 saturated heterocycles. The summed E-state index contributed by atoms with van der Waals surface area (Å²) in [5.74, 6) is 0.854. The average Bonchev–Trinajstić information content (AvgIpc) is 3.06. The summed E-state index contributed by atoms with van der Waals surface area (Å²) in [6, 6.07) is 4.45. The van der Waals surface area contributed by atoms with Gasteiger partial charge in [-0.25, -0.2) is 0 Å². The van der Waals surface area contributed by atoms with Gasteiger partial charge in [0.2, 0.25) is 0 Å². The topological polar surface area (TPSA) is 56.7 Å². The summed E-state index contributed by atoms with van der Waals surface area (Å²) in [5, 5.41) is 18.2. The van der Waals surface area contributed by atoms with Gasteiger partial charge in [0.15, 0.2) is 5.96 Å². The Bertz CT molecular complexity index is 427. The van der Waals surface area contributed by atoms with E-state index in [0.29, 0.717) is 0 Å². The minimum Gasteiger partial charge on any atom is -0.396 e. The Morgan fingerprint density at radius 3 is 2.59 bits per heavy atom. The third kappa shape index (κ3) is 5.61. The molecule has 0 aliphatic carbocycles. The Kier molecular flexibility index (Phi) is 8.49. The smallest absolute Gasteiger partial charge is 0.191 e. The Balaban J connectivity index is 2.75. The summed E-state index contributed by atoms with van der Waals surface area (Å²) in [4.78, 5) is 6.09. The fourth-order valence-corrected chi connectivity index (χ4v) is 3.26. The zero-order valence-electron chi connectivity index (χ0n) is 14.4. The van der Waals surface area contributed by atoms with Crippen molar-refractivity contribution in [3.05, 3.63) is 22.4 Å². The number of nitrogens with zero attached hydrogens (tertiary/aromatic N) is 1. The van der Waals surface area contributed by atoms with Crippen LogP contribution in [0.15, 0.2) is 22.5 Å². The lowest BCUT2D eigenvalue weighted by molar-refractivity contribution is 0.175. The lowest BCUT2D eigenvalue weighted by Gasteiger charge is -2.29. The molecule has 1 unspecified atom stereocenters. The summed E-state index contributed by atoms with van der Waals surface area (Å²) in [7, 11) is 0. The van der Waals surface area contributed by atoms with Crippen molar-refractivity contribution < 1.29 is 5.11 Å².